The van der Waals surface area contributed by atoms with Crippen molar-refractivity contribution in [2.75, 3.05) is 12.3 Å². The van der Waals surface area contributed by atoms with E-state index in [4.69, 9.17) is 15.2 Å². The Labute approximate surface area is 184 Å². The average Bonchev–Trinajstić information content (AvgIpc) is 3.33. The molecule has 0 spiro atoms. The van der Waals surface area contributed by atoms with E-state index in [0.29, 0.717) is 23.1 Å². The number of aromatic nitrogens is 4. The van der Waals surface area contributed by atoms with E-state index in [1.165, 1.54) is 29.4 Å². The molecule has 4 rings (SSSR count). The van der Waals surface area contributed by atoms with E-state index in [-0.39, 0.29) is 22.9 Å². The number of rotatable bonds is 6. The first-order valence-electron chi connectivity index (χ1n) is 9.67. The van der Waals surface area contributed by atoms with Gasteiger partial charge in [-0.05, 0) is 24.1 Å². The van der Waals surface area contributed by atoms with Gasteiger partial charge in [-0.1, -0.05) is 13.0 Å². The van der Waals surface area contributed by atoms with Crippen LogP contribution in [-0.4, -0.2) is 69.4 Å². The molecule has 1 unspecified atom stereocenters. The number of aryl methyl sites for hydroxylation is 1. The van der Waals surface area contributed by atoms with E-state index in [0.717, 1.165) is 0 Å². The summed E-state index contributed by atoms with van der Waals surface area (Å²) in [5, 5.41) is 20.9. The Balaban J connectivity index is 1.47. The molecule has 13 heteroatoms. The first kappa shape index (κ1) is 22.2. The topological polar surface area (TPSA) is 183 Å². The third kappa shape index (κ3) is 3.96. The van der Waals surface area contributed by atoms with Gasteiger partial charge < -0.3 is 30.0 Å². The summed E-state index contributed by atoms with van der Waals surface area (Å²) >= 11 is -2.25. The quantitative estimate of drug-likeness (QED) is 0.286. The monoisotopic (exact) mass is 463 g/mol. The second-order valence-electron chi connectivity index (χ2n) is 7.15. The van der Waals surface area contributed by atoms with Gasteiger partial charge in [-0.2, -0.15) is 0 Å². The fraction of sp³-hybridized carbons (Fsp3) is 0.368. The van der Waals surface area contributed by atoms with E-state index in [1.54, 1.807) is 6.07 Å². The van der Waals surface area contributed by atoms with Crippen molar-refractivity contribution in [2.45, 2.75) is 42.8 Å². The van der Waals surface area contributed by atoms with Gasteiger partial charge in [0, 0.05) is 0 Å². The van der Waals surface area contributed by atoms with Crippen molar-refractivity contribution in [3.05, 3.63) is 42.0 Å². The maximum absolute atomic E-state index is 12.4. The van der Waals surface area contributed by atoms with Crippen LogP contribution in [-0.2, 0) is 27.0 Å². The smallest absolute Gasteiger partial charge is 0.338 e. The van der Waals surface area contributed by atoms with Crippen molar-refractivity contribution in [2.24, 2.45) is 0 Å². The Kier molecular flexibility index (Phi) is 6.17. The van der Waals surface area contributed by atoms with Gasteiger partial charge in [0.2, 0.25) is 0 Å². The number of aliphatic hydroxyl groups is 2. The number of ether oxygens (including phenoxy) is 2. The number of nitrogens with zero attached hydrogens (tertiary/aromatic N) is 4. The van der Waals surface area contributed by atoms with Crippen molar-refractivity contribution in [3.63, 3.8) is 0 Å². The van der Waals surface area contributed by atoms with Crippen LogP contribution in [0.5, 0.6) is 0 Å². The number of nitrogen functional groups attached to an aromatic ring is 1. The van der Waals surface area contributed by atoms with E-state index in [1.807, 2.05) is 6.92 Å². The fourth-order valence-electron chi connectivity index (χ4n) is 3.53. The normalized spacial score (nSPS) is 24.0. The summed E-state index contributed by atoms with van der Waals surface area (Å²) < 4.78 is 33.3. The largest absolute Gasteiger partial charge is 0.459 e. The molecular weight excluding hydrogens is 442 g/mol. The van der Waals surface area contributed by atoms with Crippen LogP contribution in [0, 0.1) is 0 Å². The maximum atomic E-state index is 12.4. The third-order valence-corrected chi connectivity index (χ3v) is 6.01. The molecule has 170 valence electrons. The molecular formula is C19H21N5O7S. The Morgan fingerprint density at radius 3 is 2.78 bits per heavy atom. The van der Waals surface area contributed by atoms with Crippen molar-refractivity contribution in [3.8, 4) is 0 Å². The highest BCUT2D eigenvalue weighted by Gasteiger charge is 2.45. The average molecular weight is 463 g/mol. The minimum Gasteiger partial charge on any atom is -0.459 e. The zero-order chi connectivity index (χ0) is 23.0. The second-order valence-corrected chi connectivity index (χ2v) is 8.09. The van der Waals surface area contributed by atoms with Crippen LogP contribution in [0.4, 0.5) is 5.82 Å². The maximum Gasteiger partial charge on any atom is 0.338 e. The van der Waals surface area contributed by atoms with Crippen LogP contribution in [0.15, 0.2) is 35.7 Å². The van der Waals surface area contributed by atoms with Crippen molar-refractivity contribution < 1.29 is 33.2 Å². The Hall–Kier alpha value is -2.97. The number of anilines is 1. The van der Waals surface area contributed by atoms with Crippen LogP contribution < -0.4 is 5.73 Å². The van der Waals surface area contributed by atoms with Crippen LogP contribution in [0.1, 0.15) is 29.1 Å². The number of esters is 1. The standard InChI is InChI=1S/C19H21N5O7S/c1-2-9-3-4-10(5-12(9)32(28)29)19(27)30-6-11-14(25)15(26)18(31-11)24-8-23-13-16(20)21-7-22-17(13)24/h3-5,7-8,11,14-15,18,25-26H,2,6H2,1H3,(H,28,29)(H2,20,21,22)/t11-,14-,15-,18-/m1/s1. The predicted molar refractivity (Wildman–Crippen MR) is 111 cm³/mol. The molecule has 5 N–H and O–H groups in total. The van der Waals surface area contributed by atoms with Gasteiger partial charge in [0.05, 0.1) is 16.8 Å². The number of hydrogen-bond donors (Lipinski definition) is 4. The molecule has 12 nitrogen and oxygen atoms in total. The molecule has 5 atom stereocenters. The molecule has 2 aromatic heterocycles. The van der Waals surface area contributed by atoms with E-state index >= 15 is 0 Å². The molecule has 3 heterocycles. The van der Waals surface area contributed by atoms with Crippen LogP contribution in [0.2, 0.25) is 0 Å². The number of carbonyl (C=O) groups is 1. The van der Waals surface area contributed by atoms with Gasteiger partial charge in [0.15, 0.2) is 28.8 Å². The number of hydrogen-bond acceptors (Lipinski definition) is 10. The summed E-state index contributed by atoms with van der Waals surface area (Å²) in [6.07, 6.45) is -1.65. The molecule has 3 aromatic rings. The highest BCUT2D eigenvalue weighted by Crippen LogP contribution is 2.32. The third-order valence-electron chi connectivity index (χ3n) is 5.25. The first-order chi connectivity index (χ1) is 15.3. The Morgan fingerprint density at radius 2 is 2.06 bits per heavy atom. The molecule has 32 heavy (non-hydrogen) atoms. The van der Waals surface area contributed by atoms with Crippen molar-refractivity contribution in [1.82, 2.24) is 19.5 Å². The van der Waals surface area contributed by atoms with Crippen LogP contribution in [0.3, 0.4) is 0 Å². The van der Waals surface area contributed by atoms with Gasteiger partial charge in [0.25, 0.3) is 0 Å². The Bertz CT molecular complexity index is 1190. The summed E-state index contributed by atoms with van der Waals surface area (Å²) in [6.45, 7) is 1.47. The minimum absolute atomic E-state index is 0.0805. The minimum atomic E-state index is -2.25. The Morgan fingerprint density at radius 1 is 1.28 bits per heavy atom. The van der Waals surface area contributed by atoms with Gasteiger partial charge in [-0.15, -0.1) is 0 Å². The highest BCUT2D eigenvalue weighted by molar-refractivity contribution is 7.79. The lowest BCUT2D eigenvalue weighted by molar-refractivity contribution is -0.0565. The first-order valence-corrected chi connectivity index (χ1v) is 10.8. The lowest BCUT2D eigenvalue weighted by atomic mass is 10.1. The van der Waals surface area contributed by atoms with Crippen molar-refractivity contribution >= 4 is 34.0 Å². The summed E-state index contributed by atoms with van der Waals surface area (Å²) in [4.78, 5) is 24.6. The number of carbonyl (C=O) groups excluding carboxylic acids is 1. The molecule has 1 aliphatic rings. The molecule has 0 aliphatic carbocycles. The predicted octanol–water partition coefficient (Wildman–Crippen LogP) is 0.0277. The molecule has 1 fully saturated rings. The zero-order valence-corrected chi connectivity index (χ0v) is 17.7. The molecule has 0 radical (unpaired) electrons. The van der Waals surface area contributed by atoms with Crippen LogP contribution in [0.25, 0.3) is 11.2 Å². The number of nitrogens with two attached hydrogens (primary N) is 1. The second kappa shape index (κ2) is 8.88. The number of aliphatic hydroxyl groups excluding tert-OH is 2. The van der Waals surface area contributed by atoms with Gasteiger partial charge in [-0.25, -0.2) is 24.0 Å². The number of imidazole rings is 1. The summed E-state index contributed by atoms with van der Waals surface area (Å²) in [6, 6.07) is 4.36. The lowest BCUT2D eigenvalue weighted by Crippen LogP contribution is -2.34. The molecule has 1 saturated heterocycles. The number of benzene rings is 1. The zero-order valence-electron chi connectivity index (χ0n) is 16.9. The highest BCUT2D eigenvalue weighted by atomic mass is 32.2. The molecule has 0 saturated carbocycles. The van der Waals surface area contributed by atoms with E-state index in [9.17, 15) is 23.8 Å². The van der Waals surface area contributed by atoms with Gasteiger partial charge in [0.1, 0.15) is 36.8 Å². The molecule has 1 aliphatic heterocycles. The molecule has 0 amide bonds. The van der Waals surface area contributed by atoms with Crippen LogP contribution >= 0.6 is 0 Å². The SMILES string of the molecule is CCc1ccc(C(=O)OC[C@H]2O[C@@H](n3cnc4c(N)ncnc43)[C@H](O)[C@@H]2O)cc1S(=O)O. The van der Waals surface area contributed by atoms with E-state index in [2.05, 4.69) is 15.0 Å². The van der Waals surface area contributed by atoms with Gasteiger partial charge >= 0.3 is 5.97 Å². The fourth-order valence-corrected chi connectivity index (χ4v) is 4.19. The van der Waals surface area contributed by atoms with Crippen molar-refractivity contribution in [1.29, 1.82) is 0 Å². The summed E-state index contributed by atoms with van der Waals surface area (Å²) in [5.74, 6) is -0.605. The van der Waals surface area contributed by atoms with E-state index < -0.39 is 41.6 Å². The molecule has 0 bridgehead atoms. The van der Waals surface area contributed by atoms with Gasteiger partial charge in [-0.3, -0.25) is 4.57 Å². The summed E-state index contributed by atoms with van der Waals surface area (Å²) in [5.41, 5.74) is 7.12. The molecule has 1 aromatic carbocycles. The summed E-state index contributed by atoms with van der Waals surface area (Å²) in [7, 11) is 0. The lowest BCUT2D eigenvalue weighted by Gasteiger charge is -2.16. The number of fused-ring (bicyclic) bond motifs is 1.